The molecule has 24 heavy (non-hydrogen) atoms. The number of hydrogen-bond acceptors (Lipinski definition) is 2. The molecule has 0 atom stereocenters. The van der Waals surface area contributed by atoms with Crippen LogP contribution in [0.2, 0.25) is 0 Å². The van der Waals surface area contributed by atoms with Gasteiger partial charge in [-0.2, -0.15) is 0 Å². The van der Waals surface area contributed by atoms with Gasteiger partial charge in [-0.3, -0.25) is 9.79 Å². The van der Waals surface area contributed by atoms with Gasteiger partial charge in [0.2, 0.25) is 5.91 Å². The second kappa shape index (κ2) is 10.9. The molecule has 0 unspecified atom stereocenters. The summed E-state index contributed by atoms with van der Waals surface area (Å²) in [5.41, 5.74) is 6.91. The summed E-state index contributed by atoms with van der Waals surface area (Å²) in [6, 6.07) is 7.93. The molecule has 0 aliphatic heterocycles. The van der Waals surface area contributed by atoms with Crippen LogP contribution in [0, 0.1) is 5.92 Å². The Morgan fingerprint density at radius 1 is 1.42 bits per heavy atom. The van der Waals surface area contributed by atoms with Crippen LogP contribution < -0.4 is 11.1 Å². The first kappa shape index (κ1) is 21.2. The fourth-order valence-electron chi connectivity index (χ4n) is 2.42. The van der Waals surface area contributed by atoms with Crippen LogP contribution in [0.15, 0.2) is 33.7 Å². The van der Waals surface area contributed by atoms with Gasteiger partial charge in [0.1, 0.15) is 0 Å². The molecule has 1 aromatic carbocycles. The molecule has 1 saturated carbocycles. The molecule has 7 heteroatoms. The number of benzene rings is 1. The van der Waals surface area contributed by atoms with Gasteiger partial charge in [-0.25, -0.2) is 0 Å². The third-order valence-corrected chi connectivity index (χ3v) is 4.95. The third kappa shape index (κ3) is 6.96. The molecule has 134 valence electrons. The van der Waals surface area contributed by atoms with E-state index in [1.54, 1.807) is 4.90 Å². The average Bonchev–Trinajstić information content (AvgIpc) is 2.47. The number of amides is 1. The van der Waals surface area contributed by atoms with Gasteiger partial charge in [0.25, 0.3) is 0 Å². The Labute approximate surface area is 169 Å². The zero-order valence-corrected chi connectivity index (χ0v) is 17.9. The number of aliphatic imine (C=N–C) groups is 1. The van der Waals surface area contributed by atoms with Crippen LogP contribution in [0.5, 0.6) is 0 Å². The van der Waals surface area contributed by atoms with Gasteiger partial charge in [-0.05, 0) is 30.4 Å². The Balaban J connectivity index is 0.00000288. The van der Waals surface area contributed by atoms with Gasteiger partial charge in [0, 0.05) is 37.6 Å². The highest BCUT2D eigenvalue weighted by molar-refractivity contribution is 14.0. The van der Waals surface area contributed by atoms with E-state index < -0.39 is 0 Å². The van der Waals surface area contributed by atoms with Crippen molar-refractivity contribution >= 4 is 51.8 Å². The average molecular weight is 509 g/mol. The summed E-state index contributed by atoms with van der Waals surface area (Å²) in [5.74, 6) is 1.23. The molecule has 1 aliphatic carbocycles. The molecule has 0 aromatic heterocycles. The minimum absolute atomic E-state index is 0. The molecule has 0 heterocycles. The van der Waals surface area contributed by atoms with Crippen molar-refractivity contribution in [3.63, 3.8) is 0 Å². The SMILES string of the molecule is CN(Cc1ccccc1Br)C(=O)CCNC(N)=NCC1CCC1.I. The van der Waals surface area contributed by atoms with E-state index in [9.17, 15) is 4.79 Å². The molecule has 1 aromatic rings. The summed E-state index contributed by atoms with van der Waals surface area (Å²) < 4.78 is 1.02. The normalized spacial score (nSPS) is 14.5. The van der Waals surface area contributed by atoms with E-state index in [0.29, 0.717) is 31.4 Å². The van der Waals surface area contributed by atoms with Gasteiger partial charge in [0.05, 0.1) is 0 Å². The van der Waals surface area contributed by atoms with Crippen LogP contribution in [0.25, 0.3) is 0 Å². The molecule has 0 radical (unpaired) electrons. The lowest BCUT2D eigenvalue weighted by Crippen LogP contribution is -2.36. The van der Waals surface area contributed by atoms with Crippen molar-refractivity contribution in [2.75, 3.05) is 20.1 Å². The van der Waals surface area contributed by atoms with Gasteiger partial charge in [-0.15, -0.1) is 24.0 Å². The highest BCUT2D eigenvalue weighted by Gasteiger charge is 2.16. The zero-order chi connectivity index (χ0) is 16.7. The quantitative estimate of drug-likeness (QED) is 0.337. The molecule has 1 amide bonds. The second-order valence-electron chi connectivity index (χ2n) is 6.04. The Bertz CT molecular complexity index is 563. The number of nitrogens with zero attached hydrogens (tertiary/aromatic N) is 2. The number of guanidine groups is 1. The van der Waals surface area contributed by atoms with Crippen LogP contribution in [0.1, 0.15) is 31.2 Å². The zero-order valence-electron chi connectivity index (χ0n) is 14.0. The Hall–Kier alpha value is -0.830. The molecular weight excluding hydrogens is 483 g/mol. The largest absolute Gasteiger partial charge is 0.370 e. The number of nitrogens with two attached hydrogens (primary N) is 1. The molecule has 2 rings (SSSR count). The lowest BCUT2D eigenvalue weighted by molar-refractivity contribution is -0.130. The van der Waals surface area contributed by atoms with E-state index in [1.165, 1.54) is 19.3 Å². The van der Waals surface area contributed by atoms with Crippen molar-refractivity contribution < 1.29 is 4.79 Å². The van der Waals surface area contributed by atoms with Gasteiger partial charge >= 0.3 is 0 Å². The molecule has 0 saturated heterocycles. The van der Waals surface area contributed by atoms with E-state index in [1.807, 2.05) is 31.3 Å². The summed E-state index contributed by atoms with van der Waals surface area (Å²) >= 11 is 3.50. The van der Waals surface area contributed by atoms with E-state index in [-0.39, 0.29) is 29.9 Å². The molecule has 5 nitrogen and oxygen atoms in total. The molecule has 1 aliphatic rings. The first-order valence-electron chi connectivity index (χ1n) is 8.07. The van der Waals surface area contributed by atoms with Crippen molar-refractivity contribution in [3.05, 3.63) is 34.3 Å². The Morgan fingerprint density at radius 3 is 2.75 bits per heavy atom. The Kier molecular flexibility index (Phi) is 9.65. The monoisotopic (exact) mass is 508 g/mol. The van der Waals surface area contributed by atoms with Crippen LogP contribution in [-0.2, 0) is 11.3 Å². The van der Waals surface area contributed by atoms with E-state index >= 15 is 0 Å². The maximum atomic E-state index is 12.2. The first-order valence-corrected chi connectivity index (χ1v) is 8.86. The lowest BCUT2D eigenvalue weighted by Gasteiger charge is -2.23. The number of rotatable bonds is 7. The molecular formula is C17H26BrIN4O. The van der Waals surface area contributed by atoms with Crippen molar-refractivity contribution in [2.45, 2.75) is 32.2 Å². The summed E-state index contributed by atoms with van der Waals surface area (Å²) in [6.45, 7) is 1.90. The summed E-state index contributed by atoms with van der Waals surface area (Å²) in [6.07, 6.45) is 4.23. The van der Waals surface area contributed by atoms with Crippen molar-refractivity contribution in [3.8, 4) is 0 Å². The van der Waals surface area contributed by atoms with E-state index in [4.69, 9.17) is 5.73 Å². The topological polar surface area (TPSA) is 70.7 Å². The number of carbonyl (C=O) groups excluding carboxylic acids is 1. The molecule has 0 spiro atoms. The smallest absolute Gasteiger partial charge is 0.224 e. The van der Waals surface area contributed by atoms with E-state index in [2.05, 4.69) is 26.2 Å². The fourth-order valence-corrected chi connectivity index (χ4v) is 2.83. The second-order valence-corrected chi connectivity index (χ2v) is 6.90. The van der Waals surface area contributed by atoms with Crippen LogP contribution in [-0.4, -0.2) is 36.9 Å². The number of halogens is 2. The van der Waals surface area contributed by atoms with Crippen LogP contribution >= 0.6 is 39.9 Å². The molecule has 1 fully saturated rings. The van der Waals surface area contributed by atoms with Crippen LogP contribution in [0.4, 0.5) is 0 Å². The number of hydrogen-bond donors (Lipinski definition) is 2. The highest BCUT2D eigenvalue weighted by atomic mass is 127. The number of nitrogens with one attached hydrogen (secondary N) is 1. The van der Waals surface area contributed by atoms with Crippen LogP contribution in [0.3, 0.4) is 0 Å². The molecule has 0 bridgehead atoms. The minimum atomic E-state index is 0. The van der Waals surface area contributed by atoms with Gasteiger partial charge in [-0.1, -0.05) is 40.5 Å². The third-order valence-electron chi connectivity index (χ3n) is 4.18. The van der Waals surface area contributed by atoms with E-state index in [0.717, 1.165) is 16.6 Å². The highest BCUT2D eigenvalue weighted by Crippen LogP contribution is 2.26. The van der Waals surface area contributed by atoms with Gasteiger partial charge in [0.15, 0.2) is 5.96 Å². The summed E-state index contributed by atoms with van der Waals surface area (Å²) in [4.78, 5) is 18.2. The molecule has 3 N–H and O–H groups in total. The van der Waals surface area contributed by atoms with Gasteiger partial charge < -0.3 is 16.0 Å². The summed E-state index contributed by atoms with van der Waals surface area (Å²) in [5, 5.41) is 3.02. The van der Waals surface area contributed by atoms with Crippen molar-refractivity contribution in [2.24, 2.45) is 16.6 Å². The standard InChI is InChI=1S/C17H25BrN4O.HI/c1-22(12-14-7-2-3-8-15(14)18)16(23)9-10-20-17(19)21-11-13-5-4-6-13;/h2-3,7-8,13H,4-6,9-12H2,1H3,(H3,19,20,21);1H. The maximum Gasteiger partial charge on any atom is 0.224 e. The predicted octanol–water partition coefficient (Wildman–Crippen LogP) is 3.12. The number of carbonyl (C=O) groups is 1. The summed E-state index contributed by atoms with van der Waals surface area (Å²) in [7, 11) is 1.82. The lowest BCUT2D eigenvalue weighted by atomic mass is 9.86. The first-order chi connectivity index (χ1) is 11.1. The fraction of sp³-hybridized carbons (Fsp3) is 0.529. The van der Waals surface area contributed by atoms with Crippen molar-refractivity contribution in [1.29, 1.82) is 0 Å². The minimum Gasteiger partial charge on any atom is -0.370 e. The van der Waals surface area contributed by atoms with Crippen molar-refractivity contribution in [1.82, 2.24) is 10.2 Å². The maximum absolute atomic E-state index is 12.2. The predicted molar refractivity (Wildman–Crippen MR) is 112 cm³/mol. The Morgan fingerprint density at radius 2 is 2.12 bits per heavy atom.